The van der Waals surface area contributed by atoms with E-state index in [2.05, 4.69) is 26.3 Å². The Morgan fingerprint density at radius 2 is 2.12 bits per heavy atom. The predicted octanol–water partition coefficient (Wildman–Crippen LogP) is 3.23. The summed E-state index contributed by atoms with van der Waals surface area (Å²) in [5, 5.41) is 3.40. The Kier molecular flexibility index (Phi) is 4.64. The topological polar surface area (TPSA) is 69.2 Å². The van der Waals surface area contributed by atoms with Crippen LogP contribution in [0.15, 0.2) is 55.1 Å². The lowest BCUT2D eigenvalue weighted by Gasteiger charge is -2.17. The average molecular weight is 348 g/mol. The van der Waals surface area contributed by atoms with E-state index in [0.717, 1.165) is 40.6 Å². The zero-order valence-corrected chi connectivity index (χ0v) is 14.6. The molecule has 132 valence electrons. The zero-order chi connectivity index (χ0) is 17.8. The van der Waals surface area contributed by atoms with E-state index >= 15 is 0 Å². The summed E-state index contributed by atoms with van der Waals surface area (Å²) in [6.45, 7) is 3.09. The summed E-state index contributed by atoms with van der Waals surface area (Å²) in [6, 6.07) is 11.8. The predicted molar refractivity (Wildman–Crippen MR) is 98.4 cm³/mol. The molecule has 0 saturated heterocycles. The monoisotopic (exact) mass is 348 g/mol. The number of anilines is 1. The lowest BCUT2D eigenvalue weighted by atomic mass is 10.0. The van der Waals surface area contributed by atoms with Gasteiger partial charge < -0.3 is 14.8 Å². The van der Waals surface area contributed by atoms with Gasteiger partial charge in [-0.1, -0.05) is 18.2 Å². The molecule has 6 nitrogen and oxygen atoms in total. The molecule has 0 bridgehead atoms. The van der Waals surface area contributed by atoms with Crippen LogP contribution in [-0.4, -0.2) is 27.6 Å². The SMILES string of the molecule is C[C@H](CNc1ncnc2c1Cc1ccccc1OC2)Oc1cccnc1. The van der Waals surface area contributed by atoms with Crippen molar-refractivity contribution in [3.63, 3.8) is 0 Å². The fourth-order valence-corrected chi connectivity index (χ4v) is 2.97. The molecule has 0 aliphatic carbocycles. The van der Waals surface area contributed by atoms with E-state index in [-0.39, 0.29) is 6.10 Å². The van der Waals surface area contributed by atoms with Crippen LogP contribution in [0.5, 0.6) is 11.5 Å². The normalized spacial score (nSPS) is 13.6. The van der Waals surface area contributed by atoms with Gasteiger partial charge in [0.15, 0.2) is 0 Å². The molecular formula is C20H20N4O2. The highest BCUT2D eigenvalue weighted by atomic mass is 16.5. The third-order valence-electron chi connectivity index (χ3n) is 4.27. The first kappa shape index (κ1) is 16.3. The van der Waals surface area contributed by atoms with E-state index in [1.165, 1.54) is 0 Å². The van der Waals surface area contributed by atoms with E-state index in [4.69, 9.17) is 9.47 Å². The molecule has 0 saturated carbocycles. The van der Waals surface area contributed by atoms with Crippen molar-refractivity contribution in [2.75, 3.05) is 11.9 Å². The van der Waals surface area contributed by atoms with E-state index in [9.17, 15) is 0 Å². The maximum Gasteiger partial charge on any atom is 0.138 e. The third-order valence-corrected chi connectivity index (χ3v) is 4.27. The van der Waals surface area contributed by atoms with Gasteiger partial charge in [0.05, 0.1) is 18.4 Å². The molecule has 1 N–H and O–H groups in total. The molecule has 2 aromatic heterocycles. The van der Waals surface area contributed by atoms with Crippen LogP contribution in [-0.2, 0) is 13.0 Å². The van der Waals surface area contributed by atoms with Crippen molar-refractivity contribution in [1.29, 1.82) is 0 Å². The minimum Gasteiger partial charge on any atom is -0.487 e. The number of nitrogens with one attached hydrogen (secondary N) is 1. The highest BCUT2D eigenvalue weighted by Crippen LogP contribution is 2.30. The first-order valence-corrected chi connectivity index (χ1v) is 8.63. The maximum absolute atomic E-state index is 5.88. The molecule has 26 heavy (non-hydrogen) atoms. The minimum atomic E-state index is -0.0286. The second-order valence-corrected chi connectivity index (χ2v) is 6.22. The Labute approximate surface area is 152 Å². The number of ether oxygens (including phenoxy) is 2. The van der Waals surface area contributed by atoms with Crippen molar-refractivity contribution in [3.8, 4) is 11.5 Å². The summed E-state index contributed by atoms with van der Waals surface area (Å²) in [5.74, 6) is 2.49. The van der Waals surface area contributed by atoms with Gasteiger partial charge in [-0.2, -0.15) is 0 Å². The Morgan fingerprint density at radius 3 is 3.00 bits per heavy atom. The first-order valence-electron chi connectivity index (χ1n) is 8.63. The van der Waals surface area contributed by atoms with Crippen molar-refractivity contribution in [2.24, 2.45) is 0 Å². The van der Waals surface area contributed by atoms with Gasteiger partial charge in [0.2, 0.25) is 0 Å². The second-order valence-electron chi connectivity index (χ2n) is 6.22. The summed E-state index contributed by atoms with van der Waals surface area (Å²) in [5.41, 5.74) is 3.13. The molecule has 4 rings (SSSR count). The average Bonchev–Trinajstić information content (AvgIpc) is 2.87. The van der Waals surface area contributed by atoms with Gasteiger partial charge in [0, 0.05) is 18.2 Å². The first-order chi connectivity index (χ1) is 12.8. The van der Waals surface area contributed by atoms with E-state index in [1.807, 2.05) is 37.3 Å². The van der Waals surface area contributed by atoms with Gasteiger partial charge >= 0.3 is 0 Å². The molecule has 6 heteroatoms. The highest BCUT2D eigenvalue weighted by Gasteiger charge is 2.19. The van der Waals surface area contributed by atoms with Gasteiger partial charge in [-0.15, -0.1) is 0 Å². The van der Waals surface area contributed by atoms with Gasteiger partial charge in [-0.3, -0.25) is 4.98 Å². The molecule has 0 radical (unpaired) electrons. The van der Waals surface area contributed by atoms with Crippen molar-refractivity contribution in [1.82, 2.24) is 15.0 Å². The largest absolute Gasteiger partial charge is 0.487 e. The molecule has 0 unspecified atom stereocenters. The summed E-state index contributed by atoms with van der Waals surface area (Å²) in [4.78, 5) is 12.9. The Hall–Kier alpha value is -3.15. The number of fused-ring (bicyclic) bond motifs is 2. The van der Waals surface area contributed by atoms with Crippen LogP contribution in [0, 0.1) is 0 Å². The van der Waals surface area contributed by atoms with Gasteiger partial charge in [0.1, 0.15) is 36.4 Å². The number of rotatable bonds is 5. The lowest BCUT2D eigenvalue weighted by molar-refractivity contribution is 0.233. The molecule has 0 spiro atoms. The summed E-state index contributed by atoms with van der Waals surface area (Å²) >= 11 is 0. The van der Waals surface area contributed by atoms with E-state index < -0.39 is 0 Å². The van der Waals surface area contributed by atoms with Crippen molar-refractivity contribution < 1.29 is 9.47 Å². The number of pyridine rings is 1. The number of hydrogen-bond acceptors (Lipinski definition) is 6. The maximum atomic E-state index is 5.88. The summed E-state index contributed by atoms with van der Waals surface area (Å²) in [6.07, 6.45) is 5.73. The van der Waals surface area contributed by atoms with Crippen LogP contribution in [0.2, 0.25) is 0 Å². The van der Waals surface area contributed by atoms with Gasteiger partial charge in [-0.25, -0.2) is 9.97 Å². The molecule has 3 aromatic rings. The Bertz CT molecular complexity index is 886. The Balaban J connectivity index is 1.48. The number of hydrogen-bond donors (Lipinski definition) is 1. The number of aromatic nitrogens is 3. The summed E-state index contributed by atoms with van der Waals surface area (Å²) in [7, 11) is 0. The lowest BCUT2D eigenvalue weighted by Crippen LogP contribution is -2.24. The fraction of sp³-hybridized carbons (Fsp3) is 0.250. The highest BCUT2D eigenvalue weighted by molar-refractivity contribution is 5.51. The van der Waals surface area contributed by atoms with Crippen molar-refractivity contribution >= 4 is 5.82 Å². The van der Waals surface area contributed by atoms with Crippen LogP contribution in [0.3, 0.4) is 0 Å². The molecule has 1 aliphatic heterocycles. The smallest absolute Gasteiger partial charge is 0.138 e. The standard InChI is InChI=1S/C20H20N4O2/c1-14(26-16-6-4-8-21-11-16)10-22-20-17-9-15-5-2-3-7-19(15)25-12-18(17)23-13-24-20/h2-8,11,13-14H,9-10,12H2,1H3,(H,22,23,24)/t14-/m1/s1. The Morgan fingerprint density at radius 1 is 1.19 bits per heavy atom. The molecule has 3 heterocycles. The molecule has 0 fully saturated rings. The van der Waals surface area contributed by atoms with Crippen LogP contribution in [0.25, 0.3) is 0 Å². The van der Waals surface area contributed by atoms with Crippen LogP contribution < -0.4 is 14.8 Å². The fourth-order valence-electron chi connectivity index (χ4n) is 2.97. The molecular weight excluding hydrogens is 328 g/mol. The third kappa shape index (κ3) is 3.59. The van der Waals surface area contributed by atoms with E-state index in [1.54, 1.807) is 18.7 Å². The molecule has 1 atom stereocenters. The van der Waals surface area contributed by atoms with Gasteiger partial charge in [-0.05, 0) is 30.7 Å². The molecule has 1 aromatic carbocycles. The van der Waals surface area contributed by atoms with Crippen molar-refractivity contribution in [3.05, 3.63) is 71.9 Å². The second kappa shape index (κ2) is 7.39. The number of benzene rings is 1. The van der Waals surface area contributed by atoms with Gasteiger partial charge in [0.25, 0.3) is 0 Å². The number of nitrogens with zero attached hydrogens (tertiary/aromatic N) is 3. The van der Waals surface area contributed by atoms with E-state index in [0.29, 0.717) is 13.2 Å². The molecule has 1 aliphatic rings. The summed E-state index contributed by atoms with van der Waals surface area (Å²) < 4.78 is 11.8. The quantitative estimate of drug-likeness (QED) is 0.763. The van der Waals surface area contributed by atoms with Crippen molar-refractivity contribution in [2.45, 2.75) is 26.1 Å². The number of para-hydroxylation sites is 1. The zero-order valence-electron chi connectivity index (χ0n) is 14.6. The van der Waals surface area contributed by atoms with Crippen LogP contribution in [0.1, 0.15) is 23.7 Å². The van der Waals surface area contributed by atoms with Crippen LogP contribution in [0.4, 0.5) is 5.82 Å². The van der Waals surface area contributed by atoms with Crippen LogP contribution >= 0.6 is 0 Å². The molecule has 0 amide bonds. The minimum absolute atomic E-state index is 0.0286.